The number of hydrogen-bond donors (Lipinski definition) is 2. The third kappa shape index (κ3) is 2.53. The summed E-state index contributed by atoms with van der Waals surface area (Å²) in [5.41, 5.74) is 0. The molecular weight excluding hydrogens is 188 g/mol. The number of carbonyl (C=O) groups is 3. The topological polar surface area (TPSA) is 86.7 Å². The standard InChI is InChI=1S/C8H12N2O4/c11-4-2-1-3-10-7(13)5-6(12)9-8(10)14/h11H,1-5H2,(H,9,12,14). The van der Waals surface area contributed by atoms with Crippen LogP contribution < -0.4 is 5.32 Å². The fourth-order valence-electron chi connectivity index (χ4n) is 1.18. The third-order valence-electron chi connectivity index (χ3n) is 1.89. The van der Waals surface area contributed by atoms with Gasteiger partial charge in [-0.1, -0.05) is 0 Å². The van der Waals surface area contributed by atoms with Gasteiger partial charge in [-0.3, -0.25) is 19.8 Å². The van der Waals surface area contributed by atoms with Crippen molar-refractivity contribution < 1.29 is 19.5 Å². The van der Waals surface area contributed by atoms with Gasteiger partial charge in [0.05, 0.1) is 0 Å². The van der Waals surface area contributed by atoms with Crippen LogP contribution in [0.3, 0.4) is 0 Å². The monoisotopic (exact) mass is 200 g/mol. The average Bonchev–Trinajstić information content (AvgIpc) is 2.09. The summed E-state index contributed by atoms with van der Waals surface area (Å²) in [5, 5.41) is 10.6. The van der Waals surface area contributed by atoms with Gasteiger partial charge < -0.3 is 5.11 Å². The van der Waals surface area contributed by atoms with Crippen LogP contribution >= 0.6 is 0 Å². The van der Waals surface area contributed by atoms with E-state index in [1.54, 1.807) is 0 Å². The van der Waals surface area contributed by atoms with Crippen LogP contribution in [0.15, 0.2) is 0 Å². The number of aliphatic hydroxyl groups excluding tert-OH is 1. The summed E-state index contributed by atoms with van der Waals surface area (Å²) < 4.78 is 0. The first kappa shape index (κ1) is 10.6. The third-order valence-corrected chi connectivity index (χ3v) is 1.89. The molecule has 2 N–H and O–H groups in total. The Bertz CT molecular complexity index is 244. The van der Waals surface area contributed by atoms with E-state index < -0.39 is 17.8 Å². The van der Waals surface area contributed by atoms with Crippen LogP contribution in [0.2, 0.25) is 0 Å². The van der Waals surface area contributed by atoms with Gasteiger partial charge in [-0.15, -0.1) is 0 Å². The predicted molar refractivity (Wildman–Crippen MR) is 46.2 cm³/mol. The van der Waals surface area contributed by atoms with Crippen LogP contribution in [0.5, 0.6) is 0 Å². The van der Waals surface area contributed by atoms with Gasteiger partial charge in [0.1, 0.15) is 6.42 Å². The van der Waals surface area contributed by atoms with Crippen molar-refractivity contribution in [2.24, 2.45) is 0 Å². The normalized spacial score (nSPS) is 17.2. The number of amides is 4. The number of hydrogen-bond acceptors (Lipinski definition) is 4. The SMILES string of the molecule is O=C1CC(=O)N(CCCCO)C(=O)N1. The molecule has 0 saturated carbocycles. The second-order valence-corrected chi connectivity index (χ2v) is 3.01. The van der Waals surface area contributed by atoms with Crippen molar-refractivity contribution in [2.45, 2.75) is 19.3 Å². The van der Waals surface area contributed by atoms with E-state index >= 15 is 0 Å². The van der Waals surface area contributed by atoms with E-state index in [0.717, 1.165) is 4.90 Å². The van der Waals surface area contributed by atoms with Gasteiger partial charge in [0, 0.05) is 13.2 Å². The molecule has 78 valence electrons. The van der Waals surface area contributed by atoms with Gasteiger partial charge in [0.25, 0.3) is 0 Å². The van der Waals surface area contributed by atoms with Gasteiger partial charge in [-0.25, -0.2) is 4.79 Å². The molecule has 0 spiro atoms. The predicted octanol–water partition coefficient (Wildman–Crippen LogP) is -0.773. The number of nitrogens with zero attached hydrogens (tertiary/aromatic N) is 1. The van der Waals surface area contributed by atoms with E-state index in [2.05, 4.69) is 5.32 Å². The van der Waals surface area contributed by atoms with E-state index in [1.807, 2.05) is 0 Å². The summed E-state index contributed by atoms with van der Waals surface area (Å²) in [4.78, 5) is 34.0. The fraction of sp³-hybridized carbons (Fsp3) is 0.625. The summed E-state index contributed by atoms with van der Waals surface area (Å²) in [6, 6.07) is -0.663. The zero-order chi connectivity index (χ0) is 10.6. The molecule has 0 unspecified atom stereocenters. The molecule has 4 amide bonds. The molecule has 1 aliphatic rings. The molecule has 0 bridgehead atoms. The van der Waals surface area contributed by atoms with Crippen LogP contribution in [0.25, 0.3) is 0 Å². The highest BCUT2D eigenvalue weighted by atomic mass is 16.3. The lowest BCUT2D eigenvalue weighted by Gasteiger charge is -2.24. The van der Waals surface area contributed by atoms with Gasteiger partial charge in [0.15, 0.2) is 0 Å². The second kappa shape index (κ2) is 4.71. The highest BCUT2D eigenvalue weighted by molar-refractivity contribution is 6.14. The number of barbiturate groups is 1. The maximum atomic E-state index is 11.2. The molecule has 0 radical (unpaired) electrons. The van der Waals surface area contributed by atoms with Crippen molar-refractivity contribution in [2.75, 3.05) is 13.2 Å². The minimum absolute atomic E-state index is 0.0303. The Morgan fingerprint density at radius 1 is 1.29 bits per heavy atom. The number of urea groups is 1. The molecule has 0 aromatic carbocycles. The highest BCUT2D eigenvalue weighted by Crippen LogP contribution is 2.04. The number of nitrogens with one attached hydrogen (secondary N) is 1. The van der Waals surface area contributed by atoms with Crippen LogP contribution in [0.4, 0.5) is 4.79 Å². The summed E-state index contributed by atoms with van der Waals surface area (Å²) in [5.74, 6) is -1.03. The van der Waals surface area contributed by atoms with E-state index in [9.17, 15) is 14.4 Å². The maximum absolute atomic E-state index is 11.2. The molecule has 0 aromatic rings. The van der Waals surface area contributed by atoms with Crippen LogP contribution in [0, 0.1) is 0 Å². The van der Waals surface area contributed by atoms with Gasteiger partial charge in [-0.2, -0.15) is 0 Å². The molecule has 0 aliphatic carbocycles. The quantitative estimate of drug-likeness (QED) is 0.460. The van der Waals surface area contributed by atoms with Crippen LogP contribution in [0.1, 0.15) is 19.3 Å². The summed E-state index contributed by atoms with van der Waals surface area (Å²) in [6.45, 7) is 0.279. The number of unbranched alkanes of at least 4 members (excludes halogenated alkanes) is 1. The maximum Gasteiger partial charge on any atom is 0.330 e. The van der Waals surface area contributed by atoms with E-state index in [4.69, 9.17) is 5.11 Å². The Labute approximate surface area is 80.9 Å². The number of aliphatic hydroxyl groups is 1. The van der Waals surface area contributed by atoms with Crippen molar-refractivity contribution in [3.63, 3.8) is 0 Å². The van der Waals surface area contributed by atoms with Crippen molar-refractivity contribution >= 4 is 17.8 Å². The Balaban J connectivity index is 2.46. The second-order valence-electron chi connectivity index (χ2n) is 3.01. The first-order valence-corrected chi connectivity index (χ1v) is 4.40. The summed E-state index contributed by atoms with van der Waals surface area (Å²) in [6.07, 6.45) is 0.805. The van der Waals surface area contributed by atoms with Crippen LogP contribution in [-0.4, -0.2) is 41.0 Å². The molecule has 1 fully saturated rings. The Kier molecular flexibility index (Phi) is 3.58. The minimum Gasteiger partial charge on any atom is -0.396 e. The molecule has 6 heteroatoms. The van der Waals surface area contributed by atoms with E-state index in [0.29, 0.717) is 12.8 Å². The Morgan fingerprint density at radius 2 is 2.00 bits per heavy atom. The summed E-state index contributed by atoms with van der Waals surface area (Å²) in [7, 11) is 0. The molecule has 1 aliphatic heterocycles. The zero-order valence-electron chi connectivity index (χ0n) is 7.65. The Hall–Kier alpha value is -1.43. The van der Waals surface area contributed by atoms with Crippen LogP contribution in [-0.2, 0) is 9.59 Å². The number of rotatable bonds is 4. The van der Waals surface area contributed by atoms with Gasteiger partial charge in [0.2, 0.25) is 11.8 Å². The molecule has 1 rings (SSSR count). The number of imide groups is 2. The largest absolute Gasteiger partial charge is 0.396 e. The van der Waals surface area contributed by atoms with Crippen molar-refractivity contribution in [3.8, 4) is 0 Å². The average molecular weight is 200 g/mol. The lowest BCUT2D eigenvalue weighted by molar-refractivity contribution is -0.136. The van der Waals surface area contributed by atoms with E-state index in [1.165, 1.54) is 0 Å². The molecule has 1 saturated heterocycles. The highest BCUT2D eigenvalue weighted by Gasteiger charge is 2.29. The molecular formula is C8H12N2O4. The smallest absolute Gasteiger partial charge is 0.330 e. The Morgan fingerprint density at radius 3 is 2.57 bits per heavy atom. The summed E-state index contributed by atoms with van der Waals surface area (Å²) >= 11 is 0. The lowest BCUT2D eigenvalue weighted by Crippen LogP contribution is -2.52. The van der Waals surface area contributed by atoms with E-state index in [-0.39, 0.29) is 19.6 Å². The lowest BCUT2D eigenvalue weighted by atomic mass is 10.2. The zero-order valence-corrected chi connectivity index (χ0v) is 7.65. The molecule has 1 heterocycles. The molecule has 0 atom stereocenters. The van der Waals surface area contributed by atoms with Gasteiger partial charge in [-0.05, 0) is 12.8 Å². The molecule has 0 aromatic heterocycles. The number of carbonyl (C=O) groups excluding carboxylic acids is 3. The first-order valence-electron chi connectivity index (χ1n) is 4.40. The van der Waals surface area contributed by atoms with Crippen molar-refractivity contribution in [3.05, 3.63) is 0 Å². The first-order chi connectivity index (χ1) is 6.65. The van der Waals surface area contributed by atoms with Crippen molar-refractivity contribution in [1.82, 2.24) is 10.2 Å². The fourth-order valence-corrected chi connectivity index (χ4v) is 1.18. The minimum atomic E-state index is -0.663. The van der Waals surface area contributed by atoms with Gasteiger partial charge >= 0.3 is 6.03 Å². The molecule has 6 nitrogen and oxygen atoms in total. The molecule has 14 heavy (non-hydrogen) atoms. The van der Waals surface area contributed by atoms with Crippen molar-refractivity contribution in [1.29, 1.82) is 0 Å².